The van der Waals surface area contributed by atoms with Gasteiger partial charge in [-0.3, -0.25) is 0 Å². The van der Waals surface area contributed by atoms with Crippen LogP contribution in [-0.2, 0) is 22.4 Å². The van der Waals surface area contributed by atoms with Crippen molar-refractivity contribution in [3.05, 3.63) is 44.6 Å². The van der Waals surface area contributed by atoms with Gasteiger partial charge in [0.2, 0.25) is 0 Å². The fourth-order valence-corrected chi connectivity index (χ4v) is 2.63. The molecule has 18 heavy (non-hydrogen) atoms. The van der Waals surface area contributed by atoms with Gasteiger partial charge in [-0.25, -0.2) is 9.79 Å². The van der Waals surface area contributed by atoms with Gasteiger partial charge in [-0.05, 0) is 48.6 Å². The number of carbonyl (C=O) groups excluding carboxylic acids is 1. The maximum atomic E-state index is 11.4. The number of esters is 1. The summed E-state index contributed by atoms with van der Waals surface area (Å²) in [6.45, 7) is 0. The van der Waals surface area contributed by atoms with E-state index in [1.807, 2.05) is 6.08 Å². The van der Waals surface area contributed by atoms with E-state index in [0.29, 0.717) is 5.70 Å². The summed E-state index contributed by atoms with van der Waals surface area (Å²) in [7, 11) is 1.31. The first-order valence-corrected chi connectivity index (χ1v) is 6.27. The Hall–Kier alpha value is -1.61. The van der Waals surface area contributed by atoms with Gasteiger partial charge >= 0.3 is 5.97 Å². The van der Waals surface area contributed by atoms with E-state index in [1.54, 1.807) is 0 Å². The Kier molecular flexibility index (Phi) is 2.71. The zero-order valence-corrected chi connectivity index (χ0v) is 10.8. The molecule has 0 amide bonds. The third kappa shape index (κ3) is 1.75. The van der Waals surface area contributed by atoms with Gasteiger partial charge < -0.3 is 4.74 Å². The van der Waals surface area contributed by atoms with E-state index in [-0.39, 0.29) is 5.03 Å². The summed E-state index contributed by atoms with van der Waals surface area (Å²) in [6, 6.07) is 4.25. The Morgan fingerprint density at radius 2 is 2.06 bits per heavy atom. The van der Waals surface area contributed by atoms with E-state index in [9.17, 15) is 4.79 Å². The Labute approximate surface area is 109 Å². The number of hydrogen-bond acceptors (Lipinski definition) is 3. The van der Waals surface area contributed by atoms with Gasteiger partial charge in [-0.1, -0.05) is 11.6 Å². The molecule has 4 heteroatoms. The van der Waals surface area contributed by atoms with Crippen LogP contribution >= 0.6 is 11.6 Å². The molecule has 0 radical (unpaired) electrons. The molecule has 0 unspecified atom stereocenters. The van der Waals surface area contributed by atoms with E-state index < -0.39 is 5.97 Å². The summed E-state index contributed by atoms with van der Waals surface area (Å²) in [5, 5.41) is 1.97. The highest BCUT2D eigenvalue weighted by Gasteiger charge is 2.16. The van der Waals surface area contributed by atoms with Gasteiger partial charge in [0, 0.05) is 5.22 Å². The second-order valence-electron chi connectivity index (χ2n) is 4.48. The van der Waals surface area contributed by atoms with E-state index >= 15 is 0 Å². The molecule has 0 spiro atoms. The fraction of sp³-hybridized carbons (Fsp3) is 0.286. The SMILES string of the molecule is COC(=O)C(Cl)=C1C=c2cc3c(cc2=N1)CCC3. The number of allylic oxidation sites excluding steroid dienone is 1. The normalized spacial score (nSPS) is 18.6. The van der Waals surface area contributed by atoms with Crippen LogP contribution in [0.15, 0.2) is 27.9 Å². The first kappa shape index (κ1) is 11.5. The molecule has 1 heterocycles. The Bertz CT molecular complexity index is 643. The lowest BCUT2D eigenvalue weighted by Crippen LogP contribution is -2.22. The average molecular weight is 262 g/mol. The molecule has 1 aromatic rings. The third-order valence-corrected chi connectivity index (χ3v) is 3.71. The molecule has 1 aliphatic heterocycles. The van der Waals surface area contributed by atoms with Crippen LogP contribution in [0, 0.1) is 0 Å². The number of benzene rings is 1. The number of rotatable bonds is 1. The minimum Gasteiger partial charge on any atom is -0.465 e. The van der Waals surface area contributed by atoms with Gasteiger partial charge in [0.05, 0.1) is 18.2 Å². The van der Waals surface area contributed by atoms with Crippen molar-refractivity contribution in [1.82, 2.24) is 0 Å². The molecule has 1 aliphatic carbocycles. The lowest BCUT2D eigenvalue weighted by Gasteiger charge is -1.96. The first-order valence-electron chi connectivity index (χ1n) is 5.89. The topological polar surface area (TPSA) is 38.7 Å². The first-order chi connectivity index (χ1) is 8.69. The van der Waals surface area contributed by atoms with Crippen molar-refractivity contribution in [2.45, 2.75) is 19.3 Å². The van der Waals surface area contributed by atoms with Gasteiger partial charge in [-0.15, -0.1) is 0 Å². The third-order valence-electron chi connectivity index (χ3n) is 3.36. The highest BCUT2D eigenvalue weighted by atomic mass is 35.5. The van der Waals surface area contributed by atoms with Crippen LogP contribution in [-0.4, -0.2) is 13.1 Å². The molecule has 0 bridgehead atoms. The molecule has 1 aromatic carbocycles. The Balaban J connectivity index is 2.14. The number of nitrogens with zero attached hydrogens (tertiary/aromatic N) is 1. The van der Waals surface area contributed by atoms with Crippen LogP contribution in [0.1, 0.15) is 17.5 Å². The van der Waals surface area contributed by atoms with Gasteiger partial charge in [0.15, 0.2) is 5.03 Å². The minimum atomic E-state index is -0.549. The molecular weight excluding hydrogens is 250 g/mol. The number of aryl methyl sites for hydroxylation is 2. The van der Waals surface area contributed by atoms with Crippen molar-refractivity contribution in [2.24, 2.45) is 4.99 Å². The quantitative estimate of drug-likeness (QED) is 0.563. The van der Waals surface area contributed by atoms with Gasteiger partial charge in [-0.2, -0.15) is 0 Å². The second kappa shape index (κ2) is 4.25. The molecule has 0 aromatic heterocycles. The van der Waals surface area contributed by atoms with Crippen LogP contribution in [0.4, 0.5) is 0 Å². The zero-order valence-electron chi connectivity index (χ0n) is 10.00. The number of methoxy groups -OCH3 is 1. The van der Waals surface area contributed by atoms with Crippen LogP contribution < -0.4 is 10.6 Å². The van der Waals surface area contributed by atoms with Crippen molar-refractivity contribution < 1.29 is 9.53 Å². The highest BCUT2D eigenvalue weighted by molar-refractivity contribution is 6.42. The minimum absolute atomic E-state index is 0.0360. The predicted molar refractivity (Wildman–Crippen MR) is 68.6 cm³/mol. The van der Waals surface area contributed by atoms with Crippen molar-refractivity contribution in [1.29, 1.82) is 0 Å². The van der Waals surface area contributed by atoms with E-state index in [4.69, 9.17) is 11.6 Å². The lowest BCUT2D eigenvalue weighted by atomic mass is 10.1. The van der Waals surface area contributed by atoms with Crippen LogP contribution in [0.3, 0.4) is 0 Å². The highest BCUT2D eigenvalue weighted by Crippen LogP contribution is 2.20. The molecule has 3 nitrogen and oxygen atoms in total. The maximum Gasteiger partial charge on any atom is 0.351 e. The van der Waals surface area contributed by atoms with Gasteiger partial charge in [0.25, 0.3) is 0 Å². The standard InChI is InChI=1S/C14H12ClNO2/c1-18-14(17)13(15)12-7-10-5-8-3-2-4-9(8)6-11(10)16-12/h5-7H,2-4H2,1H3. The van der Waals surface area contributed by atoms with Crippen molar-refractivity contribution in [3.63, 3.8) is 0 Å². The monoisotopic (exact) mass is 261 g/mol. The van der Waals surface area contributed by atoms with E-state index in [2.05, 4.69) is 21.9 Å². The van der Waals surface area contributed by atoms with Crippen molar-refractivity contribution in [2.75, 3.05) is 7.11 Å². The summed E-state index contributed by atoms with van der Waals surface area (Å²) in [5.74, 6) is -0.549. The molecular formula is C14H12ClNO2. The molecule has 2 aliphatic rings. The lowest BCUT2D eigenvalue weighted by molar-refractivity contribution is -0.135. The molecule has 0 saturated heterocycles. The number of hydrogen-bond donors (Lipinski definition) is 0. The van der Waals surface area contributed by atoms with E-state index in [0.717, 1.165) is 23.4 Å². The van der Waals surface area contributed by atoms with Crippen molar-refractivity contribution in [3.8, 4) is 0 Å². The van der Waals surface area contributed by atoms with Crippen LogP contribution in [0.25, 0.3) is 6.08 Å². The zero-order chi connectivity index (χ0) is 12.7. The molecule has 0 atom stereocenters. The second-order valence-corrected chi connectivity index (χ2v) is 4.86. The number of ether oxygens (including phenoxy) is 1. The molecule has 0 saturated carbocycles. The molecule has 0 fully saturated rings. The van der Waals surface area contributed by atoms with E-state index in [1.165, 1.54) is 24.7 Å². The smallest absolute Gasteiger partial charge is 0.351 e. The van der Waals surface area contributed by atoms with Crippen LogP contribution in [0.2, 0.25) is 0 Å². The summed E-state index contributed by atoms with van der Waals surface area (Å²) in [4.78, 5) is 15.7. The summed E-state index contributed by atoms with van der Waals surface area (Å²) >= 11 is 5.94. The summed E-state index contributed by atoms with van der Waals surface area (Å²) in [5.41, 5.74) is 3.24. The molecule has 0 N–H and O–H groups in total. The van der Waals surface area contributed by atoms with Gasteiger partial charge in [0.1, 0.15) is 0 Å². The fourth-order valence-electron chi connectivity index (χ4n) is 2.46. The Morgan fingerprint density at radius 1 is 1.33 bits per heavy atom. The summed E-state index contributed by atoms with van der Waals surface area (Å²) < 4.78 is 4.59. The number of fused-ring (bicyclic) bond motifs is 2. The molecule has 3 rings (SSSR count). The predicted octanol–water partition coefficient (Wildman–Crippen LogP) is 1.21. The van der Waals surface area contributed by atoms with Crippen LogP contribution in [0.5, 0.6) is 0 Å². The number of halogens is 1. The average Bonchev–Trinajstić information content (AvgIpc) is 2.98. The number of carbonyl (C=O) groups is 1. The van der Waals surface area contributed by atoms with Crippen molar-refractivity contribution >= 4 is 23.6 Å². The Morgan fingerprint density at radius 3 is 2.78 bits per heavy atom. The largest absolute Gasteiger partial charge is 0.465 e. The maximum absolute atomic E-state index is 11.4. The summed E-state index contributed by atoms with van der Waals surface area (Å²) in [6.07, 6.45) is 5.29. The molecule has 92 valence electrons.